The predicted molar refractivity (Wildman–Crippen MR) is 77.1 cm³/mol. The van der Waals surface area contributed by atoms with Crippen LogP contribution in [0.2, 0.25) is 0 Å². The molecule has 24 heavy (non-hydrogen) atoms. The quantitative estimate of drug-likeness (QED) is 0.323. The van der Waals surface area contributed by atoms with Crippen molar-refractivity contribution in [1.29, 1.82) is 0 Å². The summed E-state index contributed by atoms with van der Waals surface area (Å²) in [6.07, 6.45) is -8.04. The number of aliphatic hydroxyl groups excluding tert-OH is 6. The van der Waals surface area contributed by atoms with Crippen molar-refractivity contribution in [2.75, 3.05) is 6.61 Å². The van der Waals surface area contributed by atoms with Crippen molar-refractivity contribution in [3.8, 4) is 0 Å². The Kier molecular flexibility index (Phi) is 5.14. The lowest BCUT2D eigenvalue weighted by molar-refractivity contribution is -0.343. The van der Waals surface area contributed by atoms with Gasteiger partial charge in [0.1, 0.15) is 24.4 Å². The summed E-state index contributed by atoms with van der Waals surface area (Å²) in [4.78, 5) is 0. The first-order valence-electron chi connectivity index (χ1n) is 7.99. The van der Waals surface area contributed by atoms with Crippen LogP contribution in [0.25, 0.3) is 0 Å². The molecule has 3 rings (SSSR count). The van der Waals surface area contributed by atoms with Crippen LogP contribution >= 0.6 is 0 Å². The van der Waals surface area contributed by atoms with E-state index < -0.39 is 61.7 Å². The van der Waals surface area contributed by atoms with Crippen molar-refractivity contribution in [2.24, 2.45) is 11.8 Å². The van der Waals surface area contributed by atoms with Gasteiger partial charge in [-0.1, -0.05) is 0 Å². The topological polar surface area (TPSA) is 149 Å². The van der Waals surface area contributed by atoms with Crippen LogP contribution in [0.4, 0.5) is 0 Å². The Balaban J connectivity index is 1.75. The third kappa shape index (κ3) is 2.95. The van der Waals surface area contributed by atoms with Gasteiger partial charge in [-0.3, -0.25) is 0 Å². The molecule has 10 atom stereocenters. The van der Waals surface area contributed by atoms with E-state index in [9.17, 15) is 30.6 Å². The molecular formula is C15H24O9. The molecule has 0 aromatic rings. The Hall–Kier alpha value is -0.780. The second kappa shape index (κ2) is 6.85. The maximum absolute atomic E-state index is 10.2. The zero-order valence-electron chi connectivity index (χ0n) is 13.2. The zero-order valence-corrected chi connectivity index (χ0v) is 13.2. The molecule has 2 heterocycles. The summed E-state index contributed by atoms with van der Waals surface area (Å²) in [7, 11) is 0. The lowest BCUT2D eigenvalue weighted by Gasteiger charge is -2.43. The summed E-state index contributed by atoms with van der Waals surface area (Å²) in [5.74, 6) is -0.902. The molecule has 0 aromatic carbocycles. The van der Waals surface area contributed by atoms with Gasteiger partial charge in [0.15, 0.2) is 6.29 Å². The highest BCUT2D eigenvalue weighted by Crippen LogP contribution is 2.44. The summed E-state index contributed by atoms with van der Waals surface area (Å²) in [6.45, 7) is 1.21. The summed E-state index contributed by atoms with van der Waals surface area (Å²) in [5, 5.41) is 59.1. The first-order chi connectivity index (χ1) is 11.3. The monoisotopic (exact) mass is 348 g/mol. The second-order valence-electron chi connectivity index (χ2n) is 6.67. The van der Waals surface area contributed by atoms with E-state index in [2.05, 4.69) is 0 Å². The smallest absolute Gasteiger partial charge is 0.207 e. The van der Waals surface area contributed by atoms with E-state index in [1.165, 1.54) is 6.26 Å². The minimum atomic E-state index is -1.56. The molecule has 0 aromatic heterocycles. The Morgan fingerprint density at radius 1 is 1.04 bits per heavy atom. The fourth-order valence-electron chi connectivity index (χ4n) is 3.78. The molecule has 2 fully saturated rings. The van der Waals surface area contributed by atoms with Crippen LogP contribution < -0.4 is 0 Å². The van der Waals surface area contributed by atoms with Crippen molar-refractivity contribution in [3.05, 3.63) is 11.8 Å². The lowest BCUT2D eigenvalue weighted by Crippen LogP contribution is -2.60. The molecule has 0 spiro atoms. The van der Waals surface area contributed by atoms with Crippen LogP contribution in [-0.4, -0.2) is 86.4 Å². The highest BCUT2D eigenvalue weighted by molar-refractivity contribution is 5.14. The van der Waals surface area contributed by atoms with E-state index in [4.69, 9.17) is 14.2 Å². The van der Waals surface area contributed by atoms with E-state index in [0.717, 1.165) is 5.57 Å². The number of rotatable bonds is 3. The van der Waals surface area contributed by atoms with Crippen LogP contribution in [0.3, 0.4) is 0 Å². The van der Waals surface area contributed by atoms with Gasteiger partial charge in [-0.25, -0.2) is 0 Å². The molecule has 138 valence electrons. The van der Waals surface area contributed by atoms with Gasteiger partial charge in [0.2, 0.25) is 6.29 Å². The van der Waals surface area contributed by atoms with Gasteiger partial charge in [0.25, 0.3) is 0 Å². The summed E-state index contributed by atoms with van der Waals surface area (Å²) < 4.78 is 16.3. The minimum absolute atomic E-state index is 0.179. The molecule has 2 aliphatic heterocycles. The van der Waals surface area contributed by atoms with E-state index in [0.29, 0.717) is 0 Å². The molecule has 0 radical (unpaired) electrons. The fraction of sp³-hybridized carbons (Fsp3) is 0.867. The molecular weight excluding hydrogens is 324 g/mol. The maximum Gasteiger partial charge on any atom is 0.207 e. The Morgan fingerprint density at radius 3 is 2.42 bits per heavy atom. The second-order valence-corrected chi connectivity index (χ2v) is 6.67. The molecule has 1 saturated carbocycles. The molecule has 1 saturated heterocycles. The minimum Gasteiger partial charge on any atom is -0.472 e. The van der Waals surface area contributed by atoms with Gasteiger partial charge in [0, 0.05) is 12.3 Å². The van der Waals surface area contributed by atoms with E-state index in [1.54, 1.807) is 6.92 Å². The fourth-order valence-corrected chi connectivity index (χ4v) is 3.78. The van der Waals surface area contributed by atoms with Gasteiger partial charge in [-0.2, -0.15) is 0 Å². The third-order valence-electron chi connectivity index (χ3n) is 5.10. The Labute approximate surface area is 138 Å². The van der Waals surface area contributed by atoms with Crippen LogP contribution in [0.5, 0.6) is 0 Å². The van der Waals surface area contributed by atoms with Crippen molar-refractivity contribution < 1.29 is 44.8 Å². The van der Waals surface area contributed by atoms with Gasteiger partial charge in [-0.15, -0.1) is 0 Å². The highest BCUT2D eigenvalue weighted by Gasteiger charge is 2.52. The first-order valence-corrected chi connectivity index (χ1v) is 7.99. The van der Waals surface area contributed by atoms with Crippen molar-refractivity contribution in [3.63, 3.8) is 0 Å². The largest absolute Gasteiger partial charge is 0.472 e. The van der Waals surface area contributed by atoms with Gasteiger partial charge >= 0.3 is 0 Å². The molecule has 0 bridgehead atoms. The highest BCUT2D eigenvalue weighted by atomic mass is 16.8. The van der Waals surface area contributed by atoms with Gasteiger partial charge < -0.3 is 44.8 Å². The van der Waals surface area contributed by atoms with Crippen molar-refractivity contribution in [2.45, 2.75) is 62.5 Å². The van der Waals surface area contributed by atoms with Gasteiger partial charge in [-0.05, 0) is 12.5 Å². The molecule has 9 nitrogen and oxygen atoms in total. The van der Waals surface area contributed by atoms with E-state index in [1.807, 2.05) is 0 Å². The van der Waals surface area contributed by atoms with E-state index >= 15 is 0 Å². The van der Waals surface area contributed by atoms with Crippen LogP contribution in [-0.2, 0) is 14.2 Å². The molecule has 0 amide bonds. The third-order valence-corrected chi connectivity index (χ3v) is 5.10. The number of aliphatic hydroxyl groups is 6. The average molecular weight is 348 g/mol. The predicted octanol–water partition coefficient (Wildman–Crippen LogP) is -2.58. The zero-order chi connectivity index (χ0) is 17.6. The SMILES string of the molecule is CC1=CO[C@@H](O[C@@H]2O[C@@H](CO)[C@H](O)[C@@H](O)[C@H]2O)[C@H]2[C@@H]1[C@H](O)C[C@@H]2O. The Morgan fingerprint density at radius 2 is 1.75 bits per heavy atom. The average Bonchev–Trinajstić information content (AvgIpc) is 2.86. The van der Waals surface area contributed by atoms with Crippen LogP contribution in [0.1, 0.15) is 13.3 Å². The molecule has 6 N–H and O–H groups in total. The first kappa shape index (κ1) is 18.0. The summed E-state index contributed by atoms with van der Waals surface area (Å²) in [5.41, 5.74) is 0.776. The number of ether oxygens (including phenoxy) is 3. The lowest BCUT2D eigenvalue weighted by atomic mass is 9.86. The van der Waals surface area contributed by atoms with E-state index in [-0.39, 0.29) is 12.3 Å². The normalized spacial score (nSPS) is 51.7. The standard InChI is InChI=1S/C15H24O9/c1-5-4-22-14(10-7(18)2-6(17)9(5)10)24-15-13(21)12(20)11(19)8(3-16)23-15/h4,6-21H,2-3H2,1H3/t6-,7+,8+,9+,10-,11+,12-,13-,14+,15+/m1/s1. The van der Waals surface area contributed by atoms with Crippen molar-refractivity contribution in [1.82, 2.24) is 0 Å². The Bertz CT molecular complexity index is 482. The maximum atomic E-state index is 10.2. The van der Waals surface area contributed by atoms with Crippen molar-refractivity contribution >= 4 is 0 Å². The van der Waals surface area contributed by atoms with Gasteiger partial charge in [0.05, 0.1) is 31.0 Å². The number of fused-ring (bicyclic) bond motifs is 1. The summed E-state index contributed by atoms with van der Waals surface area (Å²) in [6, 6.07) is 0. The summed E-state index contributed by atoms with van der Waals surface area (Å²) >= 11 is 0. The number of hydrogen-bond donors (Lipinski definition) is 6. The number of hydrogen-bond acceptors (Lipinski definition) is 9. The van der Waals surface area contributed by atoms with Crippen LogP contribution in [0.15, 0.2) is 11.8 Å². The molecule has 3 aliphatic rings. The van der Waals surface area contributed by atoms with Crippen LogP contribution in [0, 0.1) is 11.8 Å². The molecule has 9 heteroatoms. The molecule has 1 aliphatic carbocycles. The molecule has 0 unspecified atom stereocenters.